The second kappa shape index (κ2) is 5.32. The molecule has 0 saturated carbocycles. The Hall–Kier alpha value is -0.0600. The molecule has 4 heteroatoms. The maximum Gasteiger partial charge on any atom is 0.143 e. The Balaban J connectivity index is 2.95. The van der Waals surface area contributed by atoms with E-state index >= 15 is 0 Å². The van der Waals surface area contributed by atoms with E-state index in [2.05, 4.69) is 45.7 Å². The molecule has 0 aromatic heterocycles. The predicted octanol–water partition coefficient (Wildman–Crippen LogP) is 3.96. The summed E-state index contributed by atoms with van der Waals surface area (Å²) in [5, 5.41) is 9.56. The number of phenolic OH excluding ortho intramolecular Hbond substituents is 1. The van der Waals surface area contributed by atoms with Crippen molar-refractivity contribution in [2.24, 2.45) is 11.7 Å². The number of halogens is 2. The van der Waals surface area contributed by atoms with Gasteiger partial charge in [0.1, 0.15) is 5.75 Å². The Kier molecular flexibility index (Phi) is 4.62. The minimum atomic E-state index is 0.0122. The van der Waals surface area contributed by atoms with Crippen LogP contribution in [-0.4, -0.2) is 5.11 Å². The van der Waals surface area contributed by atoms with Crippen molar-refractivity contribution in [3.05, 3.63) is 26.6 Å². The molecule has 0 saturated heterocycles. The van der Waals surface area contributed by atoms with Crippen molar-refractivity contribution in [3.63, 3.8) is 0 Å². The molecule has 84 valence electrons. The molecular formula is C11H15Br2NO. The van der Waals surface area contributed by atoms with Gasteiger partial charge in [0.2, 0.25) is 0 Å². The summed E-state index contributed by atoms with van der Waals surface area (Å²) in [6, 6.07) is 3.75. The molecule has 2 nitrogen and oxygen atoms in total. The lowest BCUT2D eigenvalue weighted by atomic mass is 9.98. The average Bonchev–Trinajstić information content (AvgIpc) is 2.12. The van der Waals surface area contributed by atoms with Gasteiger partial charge in [0, 0.05) is 6.04 Å². The first-order chi connectivity index (χ1) is 6.91. The minimum absolute atomic E-state index is 0.0122. The largest absolute Gasteiger partial charge is 0.506 e. The smallest absolute Gasteiger partial charge is 0.143 e. The minimum Gasteiger partial charge on any atom is -0.506 e. The molecule has 0 unspecified atom stereocenters. The fourth-order valence-electron chi connectivity index (χ4n) is 1.44. The van der Waals surface area contributed by atoms with Gasteiger partial charge in [-0.05, 0) is 61.9 Å². The lowest BCUT2D eigenvalue weighted by Crippen LogP contribution is -2.12. The molecule has 0 aliphatic carbocycles. The zero-order chi connectivity index (χ0) is 11.6. The predicted molar refractivity (Wildman–Crippen MR) is 69.9 cm³/mol. The van der Waals surface area contributed by atoms with Crippen molar-refractivity contribution in [1.29, 1.82) is 0 Å². The van der Waals surface area contributed by atoms with E-state index in [1.807, 2.05) is 12.1 Å². The highest BCUT2D eigenvalue weighted by Crippen LogP contribution is 2.35. The van der Waals surface area contributed by atoms with Crippen molar-refractivity contribution in [3.8, 4) is 5.75 Å². The molecule has 0 radical (unpaired) electrons. The number of benzene rings is 1. The molecule has 0 bridgehead atoms. The number of hydrogen-bond donors (Lipinski definition) is 2. The average molecular weight is 337 g/mol. The Labute approximate surface area is 107 Å². The van der Waals surface area contributed by atoms with E-state index in [9.17, 15) is 5.11 Å². The van der Waals surface area contributed by atoms with Gasteiger partial charge in [-0.1, -0.05) is 13.8 Å². The van der Waals surface area contributed by atoms with Crippen LogP contribution >= 0.6 is 31.9 Å². The molecule has 15 heavy (non-hydrogen) atoms. The maximum atomic E-state index is 9.56. The summed E-state index contributed by atoms with van der Waals surface area (Å²) in [6.45, 7) is 4.29. The van der Waals surface area contributed by atoms with Gasteiger partial charge in [0.25, 0.3) is 0 Å². The zero-order valence-corrected chi connectivity index (χ0v) is 12.0. The molecule has 0 amide bonds. The van der Waals surface area contributed by atoms with Crippen molar-refractivity contribution in [2.75, 3.05) is 0 Å². The molecule has 1 atom stereocenters. The standard InChI is InChI=1S/C11H15Br2NO/c1-6(2)3-10(14)7-4-8(12)11(15)9(13)5-7/h4-6,10,15H,3,14H2,1-2H3/t10-/m0/s1. The summed E-state index contributed by atoms with van der Waals surface area (Å²) in [5.41, 5.74) is 7.09. The van der Waals surface area contributed by atoms with Gasteiger partial charge in [0.05, 0.1) is 8.95 Å². The second-order valence-electron chi connectivity index (χ2n) is 4.07. The second-order valence-corrected chi connectivity index (χ2v) is 5.78. The van der Waals surface area contributed by atoms with Crippen LogP contribution in [0.25, 0.3) is 0 Å². The monoisotopic (exact) mass is 335 g/mol. The van der Waals surface area contributed by atoms with Crippen LogP contribution in [0.1, 0.15) is 31.9 Å². The van der Waals surface area contributed by atoms with Crippen LogP contribution in [-0.2, 0) is 0 Å². The fraction of sp³-hybridized carbons (Fsp3) is 0.455. The summed E-state index contributed by atoms with van der Waals surface area (Å²) in [6.07, 6.45) is 0.934. The number of aromatic hydroxyl groups is 1. The maximum absolute atomic E-state index is 9.56. The zero-order valence-electron chi connectivity index (χ0n) is 8.80. The first-order valence-electron chi connectivity index (χ1n) is 4.85. The van der Waals surface area contributed by atoms with E-state index in [-0.39, 0.29) is 11.8 Å². The van der Waals surface area contributed by atoms with Crippen LogP contribution in [0.5, 0.6) is 5.75 Å². The van der Waals surface area contributed by atoms with Crippen LogP contribution < -0.4 is 5.73 Å². The normalized spacial score (nSPS) is 13.2. The Morgan fingerprint density at radius 3 is 2.13 bits per heavy atom. The lowest BCUT2D eigenvalue weighted by Gasteiger charge is -2.15. The molecule has 1 aromatic rings. The molecule has 1 rings (SSSR count). The van der Waals surface area contributed by atoms with E-state index in [1.54, 1.807) is 0 Å². The van der Waals surface area contributed by atoms with Crippen molar-refractivity contribution in [1.82, 2.24) is 0 Å². The first-order valence-corrected chi connectivity index (χ1v) is 6.44. The van der Waals surface area contributed by atoms with Crippen molar-refractivity contribution < 1.29 is 5.11 Å². The number of nitrogens with two attached hydrogens (primary N) is 1. The number of hydrogen-bond acceptors (Lipinski definition) is 2. The third-order valence-corrected chi connectivity index (χ3v) is 3.40. The number of phenols is 1. The van der Waals surface area contributed by atoms with Crippen LogP contribution in [0.4, 0.5) is 0 Å². The summed E-state index contributed by atoms with van der Waals surface area (Å²) in [4.78, 5) is 0. The van der Waals surface area contributed by atoms with Crippen molar-refractivity contribution in [2.45, 2.75) is 26.3 Å². The van der Waals surface area contributed by atoms with Crippen LogP contribution in [0.3, 0.4) is 0 Å². The molecule has 3 N–H and O–H groups in total. The third kappa shape index (κ3) is 3.47. The van der Waals surface area contributed by atoms with Gasteiger partial charge in [-0.25, -0.2) is 0 Å². The van der Waals surface area contributed by atoms with E-state index < -0.39 is 0 Å². The molecule has 0 spiro atoms. The highest BCUT2D eigenvalue weighted by molar-refractivity contribution is 9.11. The quantitative estimate of drug-likeness (QED) is 0.877. The van der Waals surface area contributed by atoms with Crippen LogP contribution in [0, 0.1) is 5.92 Å². The van der Waals surface area contributed by atoms with Gasteiger partial charge in [0.15, 0.2) is 0 Å². The molecule has 0 fully saturated rings. The lowest BCUT2D eigenvalue weighted by molar-refractivity contribution is 0.466. The Bertz CT molecular complexity index is 329. The van der Waals surface area contributed by atoms with Gasteiger partial charge in [-0.3, -0.25) is 0 Å². The van der Waals surface area contributed by atoms with Gasteiger partial charge < -0.3 is 10.8 Å². The van der Waals surface area contributed by atoms with Gasteiger partial charge >= 0.3 is 0 Å². The SMILES string of the molecule is CC(C)C[C@H](N)c1cc(Br)c(O)c(Br)c1. The fourth-order valence-corrected chi connectivity index (χ4v) is 2.67. The topological polar surface area (TPSA) is 46.2 Å². The highest BCUT2D eigenvalue weighted by Gasteiger charge is 2.12. The summed E-state index contributed by atoms with van der Waals surface area (Å²) in [7, 11) is 0. The molecular weight excluding hydrogens is 322 g/mol. The Morgan fingerprint density at radius 2 is 1.73 bits per heavy atom. The van der Waals surface area contributed by atoms with Crippen LogP contribution in [0.15, 0.2) is 21.1 Å². The molecule has 1 aromatic carbocycles. The summed E-state index contributed by atoms with van der Waals surface area (Å²) in [5.74, 6) is 0.779. The summed E-state index contributed by atoms with van der Waals surface area (Å²) < 4.78 is 1.34. The molecule has 0 aliphatic rings. The van der Waals surface area contributed by atoms with Gasteiger partial charge in [-0.2, -0.15) is 0 Å². The van der Waals surface area contributed by atoms with Gasteiger partial charge in [-0.15, -0.1) is 0 Å². The first kappa shape index (κ1) is 13.0. The van der Waals surface area contributed by atoms with E-state index in [0.717, 1.165) is 12.0 Å². The molecule has 0 aliphatic heterocycles. The Morgan fingerprint density at radius 1 is 1.27 bits per heavy atom. The van der Waals surface area contributed by atoms with E-state index in [1.165, 1.54) is 0 Å². The summed E-state index contributed by atoms with van der Waals surface area (Å²) >= 11 is 6.59. The van der Waals surface area contributed by atoms with Crippen LogP contribution in [0.2, 0.25) is 0 Å². The van der Waals surface area contributed by atoms with E-state index in [4.69, 9.17) is 5.73 Å². The molecule has 0 heterocycles. The third-order valence-electron chi connectivity index (χ3n) is 2.19. The number of rotatable bonds is 3. The van der Waals surface area contributed by atoms with Crippen molar-refractivity contribution >= 4 is 31.9 Å². The highest BCUT2D eigenvalue weighted by atomic mass is 79.9. The van der Waals surface area contributed by atoms with E-state index in [0.29, 0.717) is 14.9 Å².